The van der Waals surface area contributed by atoms with E-state index >= 15 is 0 Å². The van der Waals surface area contributed by atoms with E-state index in [1.807, 2.05) is 0 Å². The highest BCUT2D eigenvalue weighted by Gasteiger charge is 2.76. The van der Waals surface area contributed by atoms with Crippen molar-refractivity contribution < 1.29 is 19.4 Å². The number of hydrogen-bond acceptors (Lipinski definition) is 4. The number of aliphatic hydroxyl groups excluding tert-OH is 1. The van der Waals surface area contributed by atoms with Crippen molar-refractivity contribution in [3.8, 4) is 0 Å². The van der Waals surface area contributed by atoms with Crippen LogP contribution in [0, 0.1) is 28.6 Å². The minimum absolute atomic E-state index is 0.0364. The van der Waals surface area contributed by atoms with Crippen molar-refractivity contribution in [1.29, 1.82) is 0 Å². The Kier molecular flexibility index (Phi) is 3.32. The van der Waals surface area contributed by atoms with Gasteiger partial charge in [-0.3, -0.25) is 4.79 Å². The molecule has 0 aromatic carbocycles. The smallest absolute Gasteiger partial charge is 0.302 e. The zero-order valence-electron chi connectivity index (χ0n) is 15.8. The van der Waals surface area contributed by atoms with E-state index < -0.39 is 0 Å². The van der Waals surface area contributed by atoms with E-state index in [2.05, 4.69) is 13.8 Å². The third-order valence-electron chi connectivity index (χ3n) is 9.32. The van der Waals surface area contributed by atoms with Gasteiger partial charge in [-0.1, -0.05) is 13.8 Å². The van der Waals surface area contributed by atoms with Crippen LogP contribution in [0.4, 0.5) is 0 Å². The molecule has 25 heavy (non-hydrogen) atoms. The molecule has 9 unspecified atom stereocenters. The Morgan fingerprint density at radius 1 is 1.12 bits per heavy atom. The third kappa shape index (κ3) is 1.99. The van der Waals surface area contributed by atoms with Crippen LogP contribution in [-0.4, -0.2) is 35.0 Å². The molecule has 4 aliphatic carbocycles. The van der Waals surface area contributed by atoms with Crippen LogP contribution in [0.1, 0.15) is 72.1 Å². The summed E-state index contributed by atoms with van der Waals surface area (Å²) in [5.74, 6) is 1.90. The number of esters is 1. The van der Waals surface area contributed by atoms with Crippen molar-refractivity contribution in [2.45, 2.75) is 96.1 Å². The minimum atomic E-state index is -0.163. The monoisotopic (exact) mass is 348 g/mol. The van der Waals surface area contributed by atoms with E-state index in [9.17, 15) is 9.90 Å². The number of epoxide rings is 1. The maximum atomic E-state index is 11.4. The molecule has 0 aromatic rings. The molecule has 0 bridgehead atoms. The number of ether oxygens (including phenoxy) is 2. The lowest BCUT2D eigenvalue weighted by Gasteiger charge is -2.59. The Bertz CT molecular complexity index is 605. The van der Waals surface area contributed by atoms with Gasteiger partial charge in [0.15, 0.2) is 0 Å². The Labute approximate surface area is 150 Å². The molecule has 0 amide bonds. The summed E-state index contributed by atoms with van der Waals surface area (Å²) in [5.41, 5.74) is 0.297. The molecule has 4 saturated carbocycles. The standard InChI is InChI=1S/C21H32O4/c1-12(22)24-13-6-9-20(3)16-7-8-19(2)15(4-5-17(19)23)14(16)10-18-21(20,11-13)25-18/h13-18,23H,4-11H2,1-3H3. The highest BCUT2D eigenvalue weighted by molar-refractivity contribution is 5.66. The lowest BCUT2D eigenvalue weighted by atomic mass is 9.45. The summed E-state index contributed by atoms with van der Waals surface area (Å²) in [4.78, 5) is 11.4. The summed E-state index contributed by atoms with van der Waals surface area (Å²) >= 11 is 0. The van der Waals surface area contributed by atoms with Gasteiger partial charge in [0, 0.05) is 18.8 Å². The molecule has 4 nitrogen and oxygen atoms in total. The predicted octanol–water partition coefficient (Wildman–Crippen LogP) is 3.45. The fourth-order valence-electron chi connectivity index (χ4n) is 7.95. The maximum Gasteiger partial charge on any atom is 0.302 e. The Balaban J connectivity index is 1.43. The largest absolute Gasteiger partial charge is 0.462 e. The quantitative estimate of drug-likeness (QED) is 0.582. The molecule has 1 aliphatic heterocycles. The number of aliphatic hydroxyl groups is 1. The van der Waals surface area contributed by atoms with Gasteiger partial charge < -0.3 is 14.6 Å². The summed E-state index contributed by atoms with van der Waals surface area (Å²) in [6.07, 6.45) is 8.93. The van der Waals surface area contributed by atoms with Crippen molar-refractivity contribution in [1.82, 2.24) is 0 Å². The molecule has 9 atom stereocenters. The van der Waals surface area contributed by atoms with Gasteiger partial charge in [0.05, 0.1) is 12.2 Å². The van der Waals surface area contributed by atoms with Crippen molar-refractivity contribution in [2.24, 2.45) is 28.6 Å². The van der Waals surface area contributed by atoms with Crippen LogP contribution >= 0.6 is 0 Å². The first kappa shape index (κ1) is 16.6. The minimum Gasteiger partial charge on any atom is -0.462 e. The number of rotatable bonds is 1. The zero-order chi connectivity index (χ0) is 17.6. The number of carbonyl (C=O) groups is 1. The van der Waals surface area contributed by atoms with Gasteiger partial charge in [-0.2, -0.15) is 0 Å². The summed E-state index contributed by atoms with van der Waals surface area (Å²) < 4.78 is 12.0. The van der Waals surface area contributed by atoms with Crippen LogP contribution in [0.15, 0.2) is 0 Å². The highest BCUT2D eigenvalue weighted by Crippen LogP contribution is 2.73. The molecule has 1 saturated heterocycles. The third-order valence-corrected chi connectivity index (χ3v) is 9.32. The second-order valence-corrected chi connectivity index (χ2v) is 10.1. The van der Waals surface area contributed by atoms with E-state index in [0.29, 0.717) is 23.9 Å². The van der Waals surface area contributed by atoms with Gasteiger partial charge in [-0.25, -0.2) is 0 Å². The molecule has 140 valence electrons. The molecule has 1 N–H and O–H groups in total. The molecule has 5 rings (SSSR count). The fraction of sp³-hybridized carbons (Fsp3) is 0.952. The molecule has 4 heteroatoms. The number of carbonyl (C=O) groups excluding carboxylic acids is 1. The van der Waals surface area contributed by atoms with Crippen LogP contribution in [0.2, 0.25) is 0 Å². The lowest BCUT2D eigenvalue weighted by molar-refractivity contribution is -0.158. The number of hydrogen-bond donors (Lipinski definition) is 1. The molecular formula is C21H32O4. The highest BCUT2D eigenvalue weighted by atomic mass is 16.6. The van der Waals surface area contributed by atoms with Crippen molar-refractivity contribution >= 4 is 5.97 Å². The SMILES string of the molecule is CC(=O)OC1CCC2(C)C3CCC4(C)C(O)CCC4C3CC3OC32C1. The lowest BCUT2D eigenvalue weighted by Crippen LogP contribution is -2.59. The van der Waals surface area contributed by atoms with Crippen LogP contribution in [0.5, 0.6) is 0 Å². The fourth-order valence-corrected chi connectivity index (χ4v) is 7.95. The predicted molar refractivity (Wildman–Crippen MR) is 92.8 cm³/mol. The van der Waals surface area contributed by atoms with E-state index in [-0.39, 0.29) is 34.6 Å². The first-order chi connectivity index (χ1) is 11.8. The molecule has 0 aromatic heterocycles. The van der Waals surface area contributed by atoms with E-state index in [1.165, 1.54) is 19.8 Å². The molecule has 0 radical (unpaired) electrons. The Morgan fingerprint density at radius 3 is 2.68 bits per heavy atom. The van der Waals surface area contributed by atoms with Gasteiger partial charge >= 0.3 is 5.97 Å². The summed E-state index contributed by atoms with van der Waals surface area (Å²) in [5, 5.41) is 10.6. The van der Waals surface area contributed by atoms with E-state index in [4.69, 9.17) is 9.47 Å². The second kappa shape index (κ2) is 5.01. The van der Waals surface area contributed by atoms with Crippen LogP contribution in [0.25, 0.3) is 0 Å². The first-order valence-corrected chi connectivity index (χ1v) is 10.3. The van der Waals surface area contributed by atoms with Gasteiger partial charge in [-0.15, -0.1) is 0 Å². The number of fused-ring (bicyclic) bond motifs is 4. The van der Waals surface area contributed by atoms with Crippen LogP contribution in [0.3, 0.4) is 0 Å². The van der Waals surface area contributed by atoms with Crippen molar-refractivity contribution in [3.63, 3.8) is 0 Å². The van der Waals surface area contributed by atoms with E-state index in [0.717, 1.165) is 38.5 Å². The Hall–Kier alpha value is -0.610. The first-order valence-electron chi connectivity index (χ1n) is 10.3. The van der Waals surface area contributed by atoms with Gasteiger partial charge in [0.2, 0.25) is 0 Å². The van der Waals surface area contributed by atoms with Crippen molar-refractivity contribution in [3.05, 3.63) is 0 Å². The molecule has 1 heterocycles. The average Bonchev–Trinajstić information content (AvgIpc) is 3.15. The Morgan fingerprint density at radius 2 is 1.92 bits per heavy atom. The zero-order valence-corrected chi connectivity index (χ0v) is 15.8. The molecular weight excluding hydrogens is 316 g/mol. The molecule has 5 fully saturated rings. The van der Waals surface area contributed by atoms with E-state index in [1.54, 1.807) is 0 Å². The summed E-state index contributed by atoms with van der Waals surface area (Å²) in [6, 6.07) is 0. The van der Waals surface area contributed by atoms with Gasteiger partial charge in [0.1, 0.15) is 11.7 Å². The normalized spacial score (nSPS) is 59.2. The second-order valence-electron chi connectivity index (χ2n) is 10.1. The molecule has 5 aliphatic rings. The topological polar surface area (TPSA) is 59.1 Å². The van der Waals surface area contributed by atoms with Crippen LogP contribution < -0.4 is 0 Å². The van der Waals surface area contributed by atoms with Gasteiger partial charge in [-0.05, 0) is 68.1 Å². The average molecular weight is 348 g/mol. The van der Waals surface area contributed by atoms with Gasteiger partial charge in [0.25, 0.3) is 0 Å². The summed E-state index contributed by atoms with van der Waals surface area (Å²) in [7, 11) is 0. The molecule has 1 spiro atoms. The van der Waals surface area contributed by atoms with Crippen LogP contribution in [-0.2, 0) is 14.3 Å². The van der Waals surface area contributed by atoms with Crippen molar-refractivity contribution in [2.75, 3.05) is 0 Å². The summed E-state index contributed by atoms with van der Waals surface area (Å²) in [6.45, 7) is 6.31. The maximum absolute atomic E-state index is 11.4.